The quantitative estimate of drug-likeness (QED) is 0.390. The van der Waals surface area contributed by atoms with Crippen LogP contribution in [0.25, 0.3) is 16.6 Å². The van der Waals surface area contributed by atoms with Crippen LogP contribution in [0.15, 0.2) is 36.9 Å². The van der Waals surface area contributed by atoms with Gasteiger partial charge in [-0.3, -0.25) is 10.1 Å². The van der Waals surface area contributed by atoms with Gasteiger partial charge in [-0.1, -0.05) is 23.2 Å². The summed E-state index contributed by atoms with van der Waals surface area (Å²) in [5.41, 5.74) is 1.35. The van der Waals surface area contributed by atoms with E-state index in [9.17, 15) is 18.0 Å². The molecule has 2 aliphatic rings. The van der Waals surface area contributed by atoms with Crippen molar-refractivity contribution < 1.29 is 18.0 Å². The van der Waals surface area contributed by atoms with Gasteiger partial charge in [0.1, 0.15) is 11.9 Å². The van der Waals surface area contributed by atoms with Gasteiger partial charge in [0.25, 0.3) is 5.91 Å². The fraction of sp³-hybridized carbons (Fsp3) is 0.333. The number of carbonyl (C=O) groups is 2. The number of urea groups is 1. The molecule has 0 aliphatic carbocycles. The van der Waals surface area contributed by atoms with E-state index in [1.165, 1.54) is 0 Å². The molecule has 14 heteroatoms. The molecule has 3 aromatic rings. The Morgan fingerprint density at radius 1 is 1.23 bits per heavy atom. The summed E-state index contributed by atoms with van der Waals surface area (Å²) < 4.78 is 29.6. The zero-order chi connectivity index (χ0) is 24.7. The number of halogens is 2. The molecule has 0 spiro atoms. The molecular weight excluding hydrogens is 517 g/mol. The van der Waals surface area contributed by atoms with Crippen LogP contribution >= 0.6 is 23.2 Å². The van der Waals surface area contributed by atoms with Gasteiger partial charge in [0.05, 0.1) is 33.3 Å². The summed E-state index contributed by atoms with van der Waals surface area (Å²) in [6, 6.07) is 3.49. The smallest absolute Gasteiger partial charge is 0.322 e. The van der Waals surface area contributed by atoms with Crippen LogP contribution in [-0.4, -0.2) is 65.8 Å². The molecule has 184 valence electrons. The van der Waals surface area contributed by atoms with Gasteiger partial charge in [-0.2, -0.15) is 0 Å². The highest BCUT2D eigenvalue weighted by Crippen LogP contribution is 2.36. The lowest BCUT2D eigenvalue weighted by molar-refractivity contribution is -0.119. The molecule has 1 aromatic carbocycles. The number of fused-ring (bicyclic) bond motifs is 1. The van der Waals surface area contributed by atoms with Crippen molar-refractivity contribution in [1.29, 1.82) is 0 Å². The van der Waals surface area contributed by atoms with Gasteiger partial charge in [-0.15, -0.1) is 0 Å². The highest BCUT2D eigenvalue weighted by molar-refractivity contribution is 7.89. The topological polar surface area (TPSA) is 138 Å². The van der Waals surface area contributed by atoms with Crippen LogP contribution < -0.4 is 20.3 Å². The monoisotopic (exact) mass is 537 g/mol. The van der Waals surface area contributed by atoms with Crippen molar-refractivity contribution in [3.05, 3.63) is 47.0 Å². The summed E-state index contributed by atoms with van der Waals surface area (Å²) in [5, 5.41) is 5.85. The summed E-state index contributed by atoms with van der Waals surface area (Å²) >= 11 is 12.8. The number of rotatable bonds is 7. The summed E-state index contributed by atoms with van der Waals surface area (Å²) in [7, 11) is -3.83. The van der Waals surface area contributed by atoms with Crippen molar-refractivity contribution in [2.24, 2.45) is 0 Å². The number of anilines is 1. The first kappa shape index (κ1) is 23.8. The van der Waals surface area contributed by atoms with Crippen molar-refractivity contribution in [2.45, 2.75) is 24.9 Å². The Hall–Kier alpha value is -2.93. The van der Waals surface area contributed by atoms with Gasteiger partial charge in [0, 0.05) is 43.0 Å². The van der Waals surface area contributed by atoms with E-state index >= 15 is 0 Å². The minimum atomic E-state index is -3.83. The van der Waals surface area contributed by atoms with Gasteiger partial charge < -0.3 is 14.8 Å². The number of imide groups is 1. The van der Waals surface area contributed by atoms with Crippen molar-refractivity contribution in [3.8, 4) is 5.69 Å². The molecule has 4 heterocycles. The van der Waals surface area contributed by atoms with Gasteiger partial charge >= 0.3 is 6.03 Å². The molecule has 2 atom stereocenters. The summed E-state index contributed by atoms with van der Waals surface area (Å²) in [6.07, 6.45) is 6.75. The number of nitrogens with one attached hydrogen (secondary N) is 3. The van der Waals surface area contributed by atoms with Crippen LogP contribution in [0.4, 0.5) is 10.6 Å². The molecule has 3 amide bonds. The van der Waals surface area contributed by atoms with Crippen LogP contribution in [0, 0.1) is 0 Å². The van der Waals surface area contributed by atoms with Crippen LogP contribution in [0.3, 0.4) is 0 Å². The highest BCUT2D eigenvalue weighted by Gasteiger charge is 2.34. The number of amides is 3. The maximum absolute atomic E-state index is 12.6. The first-order valence-electron chi connectivity index (χ1n) is 10.8. The molecule has 0 radical (unpaired) electrons. The number of benzene rings is 1. The summed E-state index contributed by atoms with van der Waals surface area (Å²) in [5.74, 6) is -0.565. The number of sulfonamides is 1. The van der Waals surface area contributed by atoms with Gasteiger partial charge in [0.2, 0.25) is 10.0 Å². The lowest BCUT2D eigenvalue weighted by Gasteiger charge is -2.27. The molecule has 0 bridgehead atoms. The molecule has 0 saturated carbocycles. The molecule has 35 heavy (non-hydrogen) atoms. The molecule has 1 unspecified atom stereocenters. The maximum Gasteiger partial charge on any atom is 0.322 e. The third kappa shape index (κ3) is 4.79. The number of aromatic nitrogens is 3. The van der Waals surface area contributed by atoms with Gasteiger partial charge in [-0.05, 0) is 25.0 Å². The predicted octanol–water partition coefficient (Wildman–Crippen LogP) is 1.82. The second-order valence-corrected chi connectivity index (χ2v) is 11.0. The lowest BCUT2D eigenvalue weighted by Crippen LogP contribution is -2.45. The lowest BCUT2D eigenvalue weighted by atomic mass is 10.1. The average Bonchev–Trinajstić information content (AvgIpc) is 3.56. The van der Waals surface area contributed by atoms with E-state index in [1.807, 2.05) is 33.1 Å². The Bertz CT molecular complexity index is 1410. The second kappa shape index (κ2) is 9.26. The SMILES string of the molecule is O=C1NC(=O)C(CS(=O)(=O)NC[C@@H]2CCCN2c2cc(-n3ccnc3)c3ccc(Cl)c(Cl)c3n2)N1. The van der Waals surface area contributed by atoms with E-state index in [2.05, 4.69) is 15.0 Å². The van der Waals surface area contributed by atoms with E-state index < -0.39 is 33.8 Å². The van der Waals surface area contributed by atoms with E-state index in [1.54, 1.807) is 18.6 Å². The Balaban J connectivity index is 1.41. The summed E-state index contributed by atoms with van der Waals surface area (Å²) in [6.45, 7) is 0.793. The Kier molecular flexibility index (Phi) is 6.30. The van der Waals surface area contributed by atoms with Gasteiger partial charge in [-0.25, -0.2) is 27.9 Å². The van der Waals surface area contributed by atoms with Crippen molar-refractivity contribution in [2.75, 3.05) is 23.7 Å². The Morgan fingerprint density at radius 3 is 2.77 bits per heavy atom. The molecule has 3 N–H and O–H groups in total. The van der Waals surface area contributed by atoms with E-state index in [-0.39, 0.29) is 12.6 Å². The Morgan fingerprint density at radius 2 is 2.06 bits per heavy atom. The van der Waals surface area contributed by atoms with E-state index in [0.717, 1.165) is 23.9 Å². The number of hydrogen-bond donors (Lipinski definition) is 3. The maximum atomic E-state index is 12.6. The van der Waals surface area contributed by atoms with Crippen molar-refractivity contribution in [1.82, 2.24) is 29.9 Å². The number of nitrogens with zero attached hydrogens (tertiary/aromatic N) is 4. The van der Waals surface area contributed by atoms with Crippen LogP contribution in [0.2, 0.25) is 10.0 Å². The first-order valence-corrected chi connectivity index (χ1v) is 13.2. The molecule has 2 aliphatic heterocycles. The van der Waals surface area contributed by atoms with Crippen LogP contribution in [0.1, 0.15) is 12.8 Å². The third-order valence-corrected chi connectivity index (χ3v) is 8.25. The normalized spacial score (nSPS) is 20.5. The molecule has 2 saturated heterocycles. The largest absolute Gasteiger partial charge is 0.352 e. The molecule has 2 fully saturated rings. The Labute approximate surface area is 210 Å². The standard InChI is InChI=1S/C21H21Cl2N7O4S/c22-14-4-3-13-16(29-7-5-24-11-29)8-17(27-19(13)18(14)23)30-6-1-2-12(30)9-25-35(33,34)10-15-20(31)28-21(32)26-15/h3-5,7-8,11-12,15,25H,1-2,6,9-10H2,(H2,26,28,31,32)/t12-,15?/m0/s1. The highest BCUT2D eigenvalue weighted by atomic mass is 35.5. The molecule has 5 rings (SSSR count). The minimum Gasteiger partial charge on any atom is -0.352 e. The van der Waals surface area contributed by atoms with Crippen molar-refractivity contribution in [3.63, 3.8) is 0 Å². The average molecular weight is 538 g/mol. The molecule has 2 aromatic heterocycles. The fourth-order valence-corrected chi connectivity index (χ4v) is 5.99. The third-order valence-electron chi connectivity index (χ3n) is 6.07. The fourth-order valence-electron chi connectivity index (χ4n) is 4.39. The number of imidazole rings is 1. The van der Waals surface area contributed by atoms with Crippen LogP contribution in [-0.2, 0) is 14.8 Å². The number of pyridine rings is 1. The number of hydrogen-bond acceptors (Lipinski definition) is 7. The zero-order valence-electron chi connectivity index (χ0n) is 18.2. The summed E-state index contributed by atoms with van der Waals surface area (Å²) in [4.78, 5) is 33.9. The van der Waals surface area contributed by atoms with Crippen molar-refractivity contribution >= 4 is 61.9 Å². The molecular formula is C21H21Cl2N7O4S. The zero-order valence-corrected chi connectivity index (χ0v) is 20.6. The van der Waals surface area contributed by atoms with E-state index in [4.69, 9.17) is 28.2 Å². The van der Waals surface area contributed by atoms with E-state index in [0.29, 0.717) is 27.9 Å². The predicted molar refractivity (Wildman–Crippen MR) is 132 cm³/mol. The number of carbonyl (C=O) groups excluding carboxylic acids is 2. The molecule has 11 nitrogen and oxygen atoms in total. The first-order chi connectivity index (χ1) is 16.7. The van der Waals surface area contributed by atoms with Gasteiger partial charge in [0.15, 0.2) is 0 Å². The minimum absolute atomic E-state index is 0.119. The van der Waals surface area contributed by atoms with Crippen LogP contribution in [0.5, 0.6) is 0 Å². The second-order valence-electron chi connectivity index (χ2n) is 8.36.